The van der Waals surface area contributed by atoms with E-state index in [1.165, 1.54) is 0 Å². The van der Waals surface area contributed by atoms with Crippen LogP contribution in [-0.2, 0) is 4.79 Å². The van der Waals surface area contributed by atoms with E-state index >= 15 is 0 Å². The number of pyridine rings is 1. The SMILES string of the molecule is Cc1ccc(OCC(=O)Nc2cc(F)ccc2F)c(Br)n1. The monoisotopic (exact) mass is 356 g/mol. The van der Waals surface area contributed by atoms with Crippen molar-refractivity contribution in [3.8, 4) is 5.75 Å². The molecule has 0 spiro atoms. The lowest BCUT2D eigenvalue weighted by molar-refractivity contribution is -0.118. The summed E-state index contributed by atoms with van der Waals surface area (Å²) < 4.78 is 32.1. The first-order valence-corrected chi connectivity index (χ1v) is 6.76. The number of nitrogens with zero attached hydrogens (tertiary/aromatic N) is 1. The van der Waals surface area contributed by atoms with Gasteiger partial charge in [0.2, 0.25) is 0 Å². The van der Waals surface area contributed by atoms with Crippen LogP contribution in [0.25, 0.3) is 0 Å². The lowest BCUT2D eigenvalue weighted by Crippen LogP contribution is -2.21. The van der Waals surface area contributed by atoms with Crippen LogP contribution < -0.4 is 10.1 Å². The van der Waals surface area contributed by atoms with Crippen LogP contribution in [0.2, 0.25) is 0 Å². The van der Waals surface area contributed by atoms with Gasteiger partial charge in [0.05, 0.1) is 5.69 Å². The lowest BCUT2D eigenvalue weighted by atomic mass is 10.3. The van der Waals surface area contributed by atoms with E-state index in [-0.39, 0.29) is 12.3 Å². The number of hydrogen-bond donors (Lipinski definition) is 1. The molecule has 1 N–H and O–H groups in total. The van der Waals surface area contributed by atoms with E-state index in [4.69, 9.17) is 4.74 Å². The average molecular weight is 357 g/mol. The number of benzene rings is 1. The van der Waals surface area contributed by atoms with Crippen LogP contribution in [0, 0.1) is 18.6 Å². The van der Waals surface area contributed by atoms with Gasteiger partial charge in [-0.3, -0.25) is 4.79 Å². The summed E-state index contributed by atoms with van der Waals surface area (Å²) in [5, 5.41) is 2.24. The molecule has 1 aromatic carbocycles. The van der Waals surface area contributed by atoms with Gasteiger partial charge >= 0.3 is 0 Å². The molecule has 1 heterocycles. The third-order valence-electron chi connectivity index (χ3n) is 2.52. The number of carbonyl (C=O) groups excluding carboxylic acids is 1. The van der Waals surface area contributed by atoms with Crippen molar-refractivity contribution in [1.29, 1.82) is 0 Å². The fourth-order valence-corrected chi connectivity index (χ4v) is 2.07. The summed E-state index contributed by atoms with van der Waals surface area (Å²) in [4.78, 5) is 15.8. The third kappa shape index (κ3) is 4.22. The molecule has 1 amide bonds. The molecule has 0 fully saturated rings. The molecule has 4 nitrogen and oxygen atoms in total. The van der Waals surface area contributed by atoms with Gasteiger partial charge in [-0.15, -0.1) is 0 Å². The molecule has 0 aliphatic carbocycles. The summed E-state index contributed by atoms with van der Waals surface area (Å²) in [5.74, 6) is -1.58. The number of nitrogens with one attached hydrogen (secondary N) is 1. The van der Waals surface area contributed by atoms with Crippen molar-refractivity contribution in [3.63, 3.8) is 0 Å². The van der Waals surface area contributed by atoms with Gasteiger partial charge in [0, 0.05) is 11.8 Å². The maximum atomic E-state index is 13.4. The summed E-state index contributed by atoms with van der Waals surface area (Å²) >= 11 is 3.21. The third-order valence-corrected chi connectivity index (χ3v) is 3.08. The first kappa shape index (κ1) is 15.4. The molecule has 110 valence electrons. The Morgan fingerprint density at radius 1 is 1.33 bits per heavy atom. The van der Waals surface area contributed by atoms with Gasteiger partial charge in [0.25, 0.3) is 5.91 Å². The van der Waals surface area contributed by atoms with E-state index in [9.17, 15) is 13.6 Å². The highest BCUT2D eigenvalue weighted by Gasteiger charge is 2.10. The number of aryl methyl sites for hydroxylation is 1. The van der Waals surface area contributed by atoms with Crippen molar-refractivity contribution in [1.82, 2.24) is 4.98 Å². The van der Waals surface area contributed by atoms with Crippen molar-refractivity contribution in [2.24, 2.45) is 0 Å². The second kappa shape index (κ2) is 6.62. The molecule has 0 bridgehead atoms. The normalized spacial score (nSPS) is 10.3. The van der Waals surface area contributed by atoms with Gasteiger partial charge in [0.15, 0.2) is 12.4 Å². The predicted molar refractivity (Wildman–Crippen MR) is 77.2 cm³/mol. The van der Waals surface area contributed by atoms with Crippen molar-refractivity contribution < 1.29 is 18.3 Å². The van der Waals surface area contributed by atoms with E-state index in [2.05, 4.69) is 26.2 Å². The molecule has 0 atom stereocenters. The van der Waals surface area contributed by atoms with Crippen LogP contribution in [0.3, 0.4) is 0 Å². The molecule has 0 saturated heterocycles. The molecule has 1 aromatic heterocycles. The Morgan fingerprint density at radius 2 is 2.10 bits per heavy atom. The molecule has 7 heteroatoms. The molecule has 0 aliphatic heterocycles. The van der Waals surface area contributed by atoms with E-state index in [0.29, 0.717) is 10.4 Å². The number of hydrogen-bond acceptors (Lipinski definition) is 3. The molecule has 2 aromatic rings. The van der Waals surface area contributed by atoms with Crippen LogP contribution in [0.4, 0.5) is 14.5 Å². The van der Waals surface area contributed by atoms with Gasteiger partial charge in [-0.25, -0.2) is 13.8 Å². The van der Waals surface area contributed by atoms with Crippen LogP contribution in [-0.4, -0.2) is 17.5 Å². The Labute approximate surface area is 128 Å². The minimum Gasteiger partial charge on any atom is -0.481 e. The molecule has 0 aliphatic rings. The topological polar surface area (TPSA) is 51.2 Å². The van der Waals surface area contributed by atoms with Crippen molar-refractivity contribution in [2.75, 3.05) is 11.9 Å². The highest BCUT2D eigenvalue weighted by molar-refractivity contribution is 9.10. The van der Waals surface area contributed by atoms with Gasteiger partial charge in [0.1, 0.15) is 16.2 Å². The number of carbonyl (C=O) groups is 1. The second-order valence-corrected chi connectivity index (χ2v) is 4.95. The fraction of sp³-hybridized carbons (Fsp3) is 0.143. The fourth-order valence-electron chi connectivity index (χ4n) is 1.54. The second-order valence-electron chi connectivity index (χ2n) is 4.20. The zero-order chi connectivity index (χ0) is 15.4. The summed E-state index contributed by atoms with van der Waals surface area (Å²) in [7, 11) is 0. The Bertz CT molecular complexity index is 680. The standard InChI is InChI=1S/C14H11BrF2N2O2/c1-8-2-5-12(14(15)18-8)21-7-13(20)19-11-6-9(16)3-4-10(11)17/h2-6H,7H2,1H3,(H,19,20). The number of aromatic nitrogens is 1. The maximum absolute atomic E-state index is 13.4. The van der Waals surface area contributed by atoms with Crippen molar-refractivity contribution >= 4 is 27.5 Å². The Balaban J connectivity index is 1.97. The zero-order valence-corrected chi connectivity index (χ0v) is 12.6. The van der Waals surface area contributed by atoms with Crippen LogP contribution in [0.15, 0.2) is 34.9 Å². The first-order chi connectivity index (χ1) is 9.95. The minimum atomic E-state index is -0.720. The maximum Gasteiger partial charge on any atom is 0.262 e. The number of rotatable bonds is 4. The summed E-state index contributed by atoms with van der Waals surface area (Å²) in [5.41, 5.74) is 0.560. The predicted octanol–water partition coefficient (Wildman–Crippen LogP) is 3.45. The molecule has 0 unspecified atom stereocenters. The van der Waals surface area contributed by atoms with Crippen LogP contribution >= 0.6 is 15.9 Å². The molecular weight excluding hydrogens is 346 g/mol. The molecular formula is C14H11BrF2N2O2. The Morgan fingerprint density at radius 3 is 2.81 bits per heavy atom. The van der Waals surface area contributed by atoms with Crippen molar-refractivity contribution in [3.05, 3.63) is 52.3 Å². The zero-order valence-electron chi connectivity index (χ0n) is 11.0. The molecule has 0 radical (unpaired) electrons. The highest BCUT2D eigenvalue weighted by atomic mass is 79.9. The van der Waals surface area contributed by atoms with E-state index < -0.39 is 17.5 Å². The average Bonchev–Trinajstić information content (AvgIpc) is 2.42. The van der Waals surface area contributed by atoms with Gasteiger partial charge in [-0.2, -0.15) is 0 Å². The minimum absolute atomic E-state index is 0.232. The number of ether oxygens (including phenoxy) is 1. The molecule has 21 heavy (non-hydrogen) atoms. The molecule has 0 saturated carbocycles. The first-order valence-electron chi connectivity index (χ1n) is 5.96. The summed E-state index contributed by atoms with van der Waals surface area (Å²) in [6.45, 7) is 1.47. The summed E-state index contributed by atoms with van der Waals surface area (Å²) in [6.07, 6.45) is 0. The van der Waals surface area contributed by atoms with Gasteiger partial charge in [-0.1, -0.05) is 0 Å². The highest BCUT2D eigenvalue weighted by Crippen LogP contribution is 2.22. The summed E-state index contributed by atoms with van der Waals surface area (Å²) in [6, 6.07) is 6.19. The smallest absolute Gasteiger partial charge is 0.262 e. The van der Waals surface area contributed by atoms with Crippen LogP contribution in [0.5, 0.6) is 5.75 Å². The van der Waals surface area contributed by atoms with Gasteiger partial charge < -0.3 is 10.1 Å². The lowest BCUT2D eigenvalue weighted by Gasteiger charge is -2.09. The van der Waals surface area contributed by atoms with E-state index in [1.807, 2.05) is 6.92 Å². The largest absolute Gasteiger partial charge is 0.481 e. The van der Waals surface area contributed by atoms with Crippen LogP contribution in [0.1, 0.15) is 5.69 Å². The van der Waals surface area contributed by atoms with E-state index in [1.54, 1.807) is 12.1 Å². The number of anilines is 1. The molecule has 2 rings (SSSR count). The van der Waals surface area contributed by atoms with E-state index in [0.717, 1.165) is 23.9 Å². The Hall–Kier alpha value is -2.02. The van der Waals surface area contributed by atoms with Crippen molar-refractivity contribution in [2.45, 2.75) is 6.92 Å². The van der Waals surface area contributed by atoms with Gasteiger partial charge in [-0.05, 0) is 47.1 Å². The number of halogens is 3. The quantitative estimate of drug-likeness (QED) is 0.853. The number of amides is 1. The Kier molecular flexibility index (Phi) is 4.85.